The Morgan fingerprint density at radius 3 is 2.40 bits per heavy atom. The van der Waals surface area contributed by atoms with E-state index in [0.29, 0.717) is 11.8 Å². The fraction of sp³-hybridized carbons (Fsp3) is 0.150. The van der Waals surface area contributed by atoms with E-state index in [1.807, 2.05) is 6.07 Å². The van der Waals surface area contributed by atoms with Gasteiger partial charge in [-0.3, -0.25) is 4.79 Å². The monoisotopic (exact) mass is 435 g/mol. The average molecular weight is 435 g/mol. The Morgan fingerprint density at radius 2 is 1.77 bits per heavy atom. The van der Waals surface area contributed by atoms with Crippen LogP contribution in [0.25, 0.3) is 11.3 Å². The predicted octanol–water partition coefficient (Wildman–Crippen LogP) is 3.50. The van der Waals surface area contributed by atoms with Crippen molar-refractivity contribution in [2.75, 3.05) is 6.26 Å². The Hall–Kier alpha value is -3.27. The van der Waals surface area contributed by atoms with Crippen molar-refractivity contribution in [2.24, 2.45) is 0 Å². The Balaban J connectivity index is 1.83. The number of hydrogen-bond acceptors (Lipinski definition) is 5. The zero-order valence-electron chi connectivity index (χ0n) is 15.6. The molecule has 30 heavy (non-hydrogen) atoms. The minimum Gasteiger partial charge on any atom is -0.348 e. The molecule has 0 aliphatic carbocycles. The van der Waals surface area contributed by atoms with Crippen LogP contribution in [0, 0.1) is 0 Å². The van der Waals surface area contributed by atoms with E-state index in [1.165, 1.54) is 12.3 Å². The van der Waals surface area contributed by atoms with Crippen LogP contribution in [0.3, 0.4) is 0 Å². The molecule has 0 radical (unpaired) electrons. The average Bonchev–Trinajstić information content (AvgIpc) is 2.71. The summed E-state index contributed by atoms with van der Waals surface area (Å²) >= 11 is 0. The summed E-state index contributed by atoms with van der Waals surface area (Å²) < 4.78 is 62.8. The fourth-order valence-electron chi connectivity index (χ4n) is 2.67. The van der Waals surface area contributed by atoms with E-state index >= 15 is 0 Å². The molecule has 1 N–H and O–H groups in total. The molecule has 6 nitrogen and oxygen atoms in total. The van der Waals surface area contributed by atoms with E-state index in [4.69, 9.17) is 0 Å². The van der Waals surface area contributed by atoms with Gasteiger partial charge in [-0.1, -0.05) is 30.3 Å². The third kappa shape index (κ3) is 5.20. The van der Waals surface area contributed by atoms with Gasteiger partial charge in [0.05, 0.1) is 27.9 Å². The van der Waals surface area contributed by atoms with Crippen molar-refractivity contribution in [3.63, 3.8) is 0 Å². The van der Waals surface area contributed by atoms with E-state index in [0.717, 1.165) is 24.0 Å². The van der Waals surface area contributed by atoms with Crippen LogP contribution in [0.15, 0.2) is 65.7 Å². The van der Waals surface area contributed by atoms with Crippen molar-refractivity contribution in [1.29, 1.82) is 0 Å². The van der Waals surface area contributed by atoms with Gasteiger partial charge in [0.15, 0.2) is 9.84 Å². The summed E-state index contributed by atoms with van der Waals surface area (Å²) in [6, 6.07) is 13.0. The van der Waals surface area contributed by atoms with Crippen LogP contribution in [0.5, 0.6) is 0 Å². The van der Waals surface area contributed by atoms with Crippen LogP contribution in [-0.4, -0.2) is 30.8 Å². The lowest BCUT2D eigenvalue weighted by atomic mass is 10.1. The number of aromatic nitrogens is 2. The first-order chi connectivity index (χ1) is 14.0. The maximum Gasteiger partial charge on any atom is 0.416 e. The maximum absolute atomic E-state index is 13.1. The Kier molecular flexibility index (Phi) is 5.88. The summed E-state index contributed by atoms with van der Waals surface area (Å²) in [6.07, 6.45) is -2.67. The van der Waals surface area contributed by atoms with Gasteiger partial charge in [-0.2, -0.15) is 23.4 Å². The van der Waals surface area contributed by atoms with Crippen LogP contribution < -0.4 is 5.32 Å². The summed E-state index contributed by atoms with van der Waals surface area (Å²) in [6.45, 7) is -0.297. The number of nitrogens with one attached hydrogen (secondary N) is 1. The van der Waals surface area contributed by atoms with Gasteiger partial charge in [-0.15, -0.1) is 0 Å². The molecule has 3 rings (SSSR count). The van der Waals surface area contributed by atoms with Gasteiger partial charge in [0.1, 0.15) is 0 Å². The number of carbonyl (C=O) groups is 1. The lowest BCUT2D eigenvalue weighted by Crippen LogP contribution is -2.23. The number of benzene rings is 2. The van der Waals surface area contributed by atoms with Gasteiger partial charge in [0, 0.05) is 18.4 Å². The normalized spacial score (nSPS) is 11.9. The zero-order chi connectivity index (χ0) is 21.9. The standard InChI is InChI=1S/C20H16F3N3O3S/c1-30(28,29)17-8-13(7-16(10-17)20(21,22)23)11-24-19(27)15-9-18(26-25-12-15)14-5-3-2-4-6-14/h2-10,12H,11H2,1H3,(H,24,27). The molecule has 0 atom stereocenters. The third-order valence-corrected chi connectivity index (χ3v) is 5.25. The molecule has 0 saturated heterocycles. The largest absolute Gasteiger partial charge is 0.416 e. The third-order valence-electron chi connectivity index (χ3n) is 4.16. The maximum atomic E-state index is 13.1. The number of nitrogens with zero attached hydrogens (tertiary/aromatic N) is 2. The molecule has 0 unspecified atom stereocenters. The first kappa shape index (κ1) is 21.4. The summed E-state index contributed by atoms with van der Waals surface area (Å²) in [4.78, 5) is 12.0. The van der Waals surface area contributed by atoms with Gasteiger partial charge in [0.2, 0.25) is 0 Å². The first-order valence-electron chi connectivity index (χ1n) is 8.61. The van der Waals surface area contributed by atoms with Gasteiger partial charge >= 0.3 is 6.18 Å². The van der Waals surface area contributed by atoms with Gasteiger partial charge in [-0.25, -0.2) is 8.42 Å². The van der Waals surface area contributed by atoms with Gasteiger partial charge < -0.3 is 5.32 Å². The van der Waals surface area contributed by atoms with E-state index in [9.17, 15) is 26.4 Å². The first-order valence-corrected chi connectivity index (χ1v) is 10.5. The molecule has 3 aromatic rings. The molecule has 0 bridgehead atoms. The highest BCUT2D eigenvalue weighted by Gasteiger charge is 2.32. The molecule has 0 spiro atoms. The molecule has 0 saturated carbocycles. The van der Waals surface area contributed by atoms with Gasteiger partial charge in [-0.05, 0) is 29.8 Å². The molecular formula is C20H16F3N3O3S. The van der Waals surface area contributed by atoms with Crippen molar-refractivity contribution in [3.05, 3.63) is 77.5 Å². The van der Waals surface area contributed by atoms with Crippen molar-refractivity contribution in [3.8, 4) is 11.3 Å². The number of amides is 1. The Morgan fingerprint density at radius 1 is 1.07 bits per heavy atom. The summed E-state index contributed by atoms with van der Waals surface area (Å²) in [5.41, 5.74) is 0.270. The van der Waals surface area contributed by atoms with Crippen molar-refractivity contribution in [2.45, 2.75) is 17.6 Å². The second-order valence-corrected chi connectivity index (χ2v) is 8.53. The highest BCUT2D eigenvalue weighted by atomic mass is 32.2. The molecule has 1 heterocycles. The quantitative estimate of drug-likeness (QED) is 0.663. The molecule has 156 valence electrons. The smallest absolute Gasteiger partial charge is 0.348 e. The van der Waals surface area contributed by atoms with Crippen molar-refractivity contribution in [1.82, 2.24) is 15.5 Å². The lowest BCUT2D eigenvalue weighted by Gasteiger charge is -2.12. The SMILES string of the molecule is CS(=O)(=O)c1cc(CNC(=O)c2cnnc(-c3ccccc3)c2)cc(C(F)(F)F)c1. The molecule has 1 amide bonds. The zero-order valence-corrected chi connectivity index (χ0v) is 16.5. The molecule has 2 aromatic carbocycles. The molecule has 0 aliphatic heterocycles. The van der Waals surface area contributed by atoms with E-state index in [1.54, 1.807) is 24.3 Å². The number of halogens is 3. The van der Waals surface area contributed by atoms with E-state index in [2.05, 4.69) is 15.5 Å². The minimum atomic E-state index is -4.72. The van der Waals surface area contributed by atoms with Gasteiger partial charge in [0.25, 0.3) is 5.91 Å². The van der Waals surface area contributed by atoms with Crippen LogP contribution in [-0.2, 0) is 22.6 Å². The number of hydrogen-bond donors (Lipinski definition) is 1. The lowest BCUT2D eigenvalue weighted by molar-refractivity contribution is -0.137. The highest BCUT2D eigenvalue weighted by molar-refractivity contribution is 7.90. The summed E-state index contributed by atoms with van der Waals surface area (Å²) in [7, 11) is -3.87. The molecule has 10 heteroatoms. The molecular weight excluding hydrogens is 419 g/mol. The second kappa shape index (κ2) is 8.23. The Labute approximate surface area is 170 Å². The fourth-order valence-corrected chi connectivity index (χ4v) is 3.37. The van der Waals surface area contributed by atoms with E-state index < -0.39 is 32.4 Å². The van der Waals surface area contributed by atoms with Crippen LogP contribution in [0.1, 0.15) is 21.5 Å². The van der Waals surface area contributed by atoms with Crippen molar-refractivity contribution < 1.29 is 26.4 Å². The molecule has 0 fully saturated rings. The predicted molar refractivity (Wildman–Crippen MR) is 103 cm³/mol. The number of rotatable bonds is 5. The second-order valence-electron chi connectivity index (χ2n) is 6.51. The number of carbonyl (C=O) groups excluding carboxylic acids is 1. The summed E-state index contributed by atoms with van der Waals surface area (Å²) in [5.74, 6) is -0.583. The Bertz CT molecular complexity index is 1180. The topological polar surface area (TPSA) is 89.0 Å². The van der Waals surface area contributed by atoms with Crippen LogP contribution in [0.4, 0.5) is 13.2 Å². The number of alkyl halides is 3. The van der Waals surface area contributed by atoms with Crippen molar-refractivity contribution >= 4 is 15.7 Å². The van der Waals surface area contributed by atoms with E-state index in [-0.39, 0.29) is 17.7 Å². The highest BCUT2D eigenvalue weighted by Crippen LogP contribution is 2.31. The van der Waals surface area contributed by atoms with Crippen LogP contribution >= 0.6 is 0 Å². The summed E-state index contributed by atoms with van der Waals surface area (Å²) in [5, 5.41) is 10.2. The minimum absolute atomic E-state index is 0.00361. The number of sulfone groups is 1. The molecule has 1 aromatic heterocycles. The van der Waals surface area contributed by atoms with Crippen LogP contribution in [0.2, 0.25) is 0 Å². The molecule has 0 aliphatic rings.